The van der Waals surface area contributed by atoms with Crippen molar-refractivity contribution in [3.05, 3.63) is 45.9 Å². The molecule has 0 bridgehead atoms. The van der Waals surface area contributed by atoms with Gasteiger partial charge in [0.25, 0.3) is 0 Å². The molecule has 0 aliphatic heterocycles. The molecule has 2 nitrogen and oxygen atoms in total. The Labute approximate surface area is 103 Å². The molecule has 0 atom stereocenters. The largest absolute Gasteiger partial charge is 0.322 e. The molecule has 2 rings (SSSR count). The van der Waals surface area contributed by atoms with Crippen molar-refractivity contribution in [2.75, 3.05) is 0 Å². The summed E-state index contributed by atoms with van der Waals surface area (Å²) in [7, 11) is 0. The summed E-state index contributed by atoms with van der Waals surface area (Å²) in [6.45, 7) is 4.00. The van der Waals surface area contributed by atoms with Crippen molar-refractivity contribution < 1.29 is 19.5 Å². The van der Waals surface area contributed by atoms with E-state index in [2.05, 4.69) is 11.1 Å². The molecule has 0 amide bonds. The van der Waals surface area contributed by atoms with Crippen molar-refractivity contribution in [1.29, 1.82) is 0 Å². The van der Waals surface area contributed by atoms with Crippen LogP contribution in [0, 0.1) is 0 Å². The first-order valence-corrected chi connectivity index (χ1v) is 4.93. The van der Waals surface area contributed by atoms with Crippen molar-refractivity contribution in [1.82, 2.24) is 4.98 Å². The zero-order chi connectivity index (χ0) is 10.4. The molecule has 1 aliphatic rings. The number of aromatic amines is 1. The number of hydrogen-bond donors (Lipinski definition) is 1. The van der Waals surface area contributed by atoms with Crippen molar-refractivity contribution in [2.24, 2.45) is 0 Å². The predicted octanol–water partition coefficient (Wildman–Crippen LogP) is 2.83. The Balaban J connectivity index is 0.000000617. The number of fused-ring (bicyclic) bond motifs is 1. The first-order valence-electron chi connectivity index (χ1n) is 4.93. The van der Waals surface area contributed by atoms with Gasteiger partial charge in [-0.25, -0.2) is 0 Å². The Morgan fingerprint density at radius 1 is 1.13 bits per heavy atom. The molecule has 0 fully saturated rings. The third kappa shape index (κ3) is 3.97. The van der Waals surface area contributed by atoms with E-state index in [9.17, 15) is 4.79 Å². The van der Waals surface area contributed by atoms with Gasteiger partial charge in [0.05, 0.1) is 0 Å². The van der Waals surface area contributed by atoms with E-state index in [0.29, 0.717) is 0 Å². The van der Waals surface area contributed by atoms with Gasteiger partial charge in [-0.1, -0.05) is 32.1 Å². The van der Waals surface area contributed by atoms with E-state index in [1.807, 2.05) is 38.1 Å². The average Bonchev–Trinajstić information content (AvgIpc) is 2.45. The third-order valence-corrected chi connectivity index (χ3v) is 1.84. The fourth-order valence-electron chi connectivity index (χ4n) is 1.24. The van der Waals surface area contributed by atoms with Gasteiger partial charge in [0.1, 0.15) is 0 Å². The molecule has 1 aromatic heterocycles. The molecule has 15 heavy (non-hydrogen) atoms. The maximum atomic E-state index is 10.9. The maximum absolute atomic E-state index is 10.9. The Morgan fingerprint density at radius 2 is 1.80 bits per heavy atom. The normalized spacial score (nSPS) is 11.6. The van der Waals surface area contributed by atoms with Crippen LogP contribution in [-0.4, -0.2) is 4.98 Å². The van der Waals surface area contributed by atoms with E-state index in [0.717, 1.165) is 17.7 Å². The molecule has 1 N–H and O–H groups in total. The van der Waals surface area contributed by atoms with Crippen LogP contribution in [-0.2, 0) is 19.5 Å². The second-order valence-electron chi connectivity index (χ2n) is 2.73. The first kappa shape index (κ1) is 14.1. The number of allylic oxidation sites excluding steroid dienone is 2. The molecule has 1 radical (unpaired) electrons. The summed E-state index contributed by atoms with van der Waals surface area (Å²) in [5.41, 5.74) is 1.92. The Hall–Kier alpha value is -0.947. The van der Waals surface area contributed by atoms with Gasteiger partial charge < -0.3 is 4.98 Å². The Kier molecular flexibility index (Phi) is 6.89. The van der Waals surface area contributed by atoms with Crippen LogP contribution in [0.3, 0.4) is 0 Å². The minimum absolute atomic E-state index is 0. The van der Waals surface area contributed by atoms with E-state index < -0.39 is 0 Å². The molecule has 83 valence electrons. The van der Waals surface area contributed by atoms with Crippen LogP contribution in [0.15, 0.2) is 29.1 Å². The topological polar surface area (TPSA) is 32.9 Å². The molecule has 1 heterocycles. The van der Waals surface area contributed by atoms with Gasteiger partial charge in [0.2, 0.25) is 5.56 Å². The van der Waals surface area contributed by atoms with Gasteiger partial charge in [-0.3, -0.25) is 4.79 Å². The van der Waals surface area contributed by atoms with Crippen molar-refractivity contribution >= 4 is 12.2 Å². The minimum atomic E-state index is -0.0475. The van der Waals surface area contributed by atoms with Gasteiger partial charge in [0.15, 0.2) is 0 Å². The molecule has 0 spiro atoms. The summed E-state index contributed by atoms with van der Waals surface area (Å²) >= 11 is 0. The van der Waals surface area contributed by atoms with Crippen molar-refractivity contribution in [3.8, 4) is 0 Å². The van der Waals surface area contributed by atoms with E-state index in [4.69, 9.17) is 0 Å². The van der Waals surface area contributed by atoms with Crippen molar-refractivity contribution in [2.45, 2.75) is 20.3 Å². The first-order chi connectivity index (χ1) is 6.86. The summed E-state index contributed by atoms with van der Waals surface area (Å²) < 4.78 is 0. The fourth-order valence-corrected chi connectivity index (χ4v) is 1.24. The summed E-state index contributed by atoms with van der Waals surface area (Å²) in [6, 6.07) is 3.38. The molecule has 0 unspecified atom stereocenters. The summed E-state index contributed by atoms with van der Waals surface area (Å²) in [4.78, 5) is 13.7. The van der Waals surface area contributed by atoms with Gasteiger partial charge in [-0.05, 0) is 24.1 Å². The van der Waals surface area contributed by atoms with Crippen molar-refractivity contribution in [3.63, 3.8) is 0 Å². The monoisotopic (exact) mass is 292 g/mol. The number of H-pyrrole nitrogens is 1. The molecule has 3 heteroatoms. The van der Waals surface area contributed by atoms with Crippen LogP contribution >= 0.6 is 0 Å². The van der Waals surface area contributed by atoms with E-state index in [1.54, 1.807) is 6.07 Å². The van der Waals surface area contributed by atoms with Crippen LogP contribution in [0.4, 0.5) is 0 Å². The Morgan fingerprint density at radius 3 is 2.53 bits per heavy atom. The van der Waals surface area contributed by atoms with Gasteiger partial charge in [-0.2, -0.15) is 0 Å². The quantitative estimate of drug-likeness (QED) is 0.733. The second kappa shape index (κ2) is 7.36. The zero-order valence-corrected chi connectivity index (χ0v) is 10.6. The van der Waals surface area contributed by atoms with E-state index in [-0.39, 0.29) is 25.0 Å². The maximum Gasteiger partial charge on any atom is 0.248 e. The van der Waals surface area contributed by atoms with E-state index >= 15 is 0 Å². The smallest absolute Gasteiger partial charge is 0.248 e. The molecule has 0 aromatic carbocycles. The van der Waals surface area contributed by atoms with E-state index in [1.165, 1.54) is 0 Å². The number of pyridine rings is 1. The number of rotatable bonds is 0. The zero-order valence-electron chi connectivity index (χ0n) is 8.91. The second-order valence-corrected chi connectivity index (χ2v) is 2.73. The van der Waals surface area contributed by atoms with Gasteiger partial charge in [0, 0.05) is 31.2 Å². The molecule has 1 aromatic rings. The minimum Gasteiger partial charge on any atom is -0.322 e. The molecule has 0 saturated carbocycles. The summed E-state index contributed by atoms with van der Waals surface area (Å²) in [6.07, 6.45) is 8.98. The third-order valence-electron chi connectivity index (χ3n) is 1.84. The van der Waals surface area contributed by atoms with Crippen LogP contribution in [0.2, 0.25) is 0 Å². The summed E-state index contributed by atoms with van der Waals surface area (Å²) in [5.74, 6) is 0. The van der Waals surface area contributed by atoms with Crippen LogP contribution in [0.1, 0.15) is 31.5 Å². The van der Waals surface area contributed by atoms with Gasteiger partial charge >= 0.3 is 0 Å². The van der Waals surface area contributed by atoms with Crippen LogP contribution in [0.25, 0.3) is 12.2 Å². The standard InChI is InChI=1S/C10H9NO.C2H6.Rh/c12-10-7-6-8-4-2-1-3-5-9(8)11-10;1-2;/h2-7H,1H2,(H,11,12);1-2H3;. The fraction of sp³-hybridized carbons (Fsp3) is 0.250. The number of aromatic nitrogens is 1. The number of hydrogen-bond acceptors (Lipinski definition) is 1. The SMILES string of the molecule is CC.O=c1ccc2c([nH]1)C=CCC=C2.[Rh]. The summed E-state index contributed by atoms with van der Waals surface area (Å²) in [5, 5.41) is 0. The predicted molar refractivity (Wildman–Crippen MR) is 61.1 cm³/mol. The molecular weight excluding hydrogens is 277 g/mol. The Bertz CT molecular complexity index is 404. The molecule has 1 aliphatic carbocycles. The molecule has 0 saturated heterocycles. The van der Waals surface area contributed by atoms with Gasteiger partial charge in [-0.15, -0.1) is 0 Å². The number of nitrogens with one attached hydrogen (secondary N) is 1. The van der Waals surface area contributed by atoms with Crippen LogP contribution in [0.5, 0.6) is 0 Å². The molecular formula is C12H15NORh. The average molecular weight is 292 g/mol. The van der Waals surface area contributed by atoms with Crippen LogP contribution < -0.4 is 5.56 Å².